The fraction of sp³-hybridized carbons (Fsp3) is 0.500. The number of rotatable bonds is 6. The van der Waals surface area contributed by atoms with Crippen LogP contribution in [0.1, 0.15) is 12.5 Å². The normalized spacial score (nSPS) is 12.8. The van der Waals surface area contributed by atoms with E-state index >= 15 is 0 Å². The average molecular weight is 306 g/mol. The standard InChI is InChI=1S/C12H17BrFNS/c1-9(8-16-2)6-15-7-10-3-4-11(13)12(14)5-10/h3-5,9,15H,6-8H2,1-2H3. The summed E-state index contributed by atoms with van der Waals surface area (Å²) in [6.07, 6.45) is 2.11. The number of hydrogen-bond donors (Lipinski definition) is 1. The zero-order valence-electron chi connectivity index (χ0n) is 9.59. The summed E-state index contributed by atoms with van der Waals surface area (Å²) in [5, 5.41) is 3.34. The quantitative estimate of drug-likeness (QED) is 0.860. The first-order valence-corrected chi connectivity index (χ1v) is 7.45. The van der Waals surface area contributed by atoms with Crippen LogP contribution < -0.4 is 5.32 Å². The summed E-state index contributed by atoms with van der Waals surface area (Å²) in [7, 11) is 0. The Kier molecular flexibility index (Phi) is 6.39. The SMILES string of the molecule is CSCC(C)CNCc1ccc(Br)c(F)c1. The molecule has 1 aromatic carbocycles. The fourth-order valence-corrected chi connectivity index (χ4v) is 2.39. The van der Waals surface area contributed by atoms with E-state index in [-0.39, 0.29) is 5.82 Å². The molecule has 1 atom stereocenters. The highest BCUT2D eigenvalue weighted by Gasteiger charge is 2.02. The first-order chi connectivity index (χ1) is 7.63. The molecule has 16 heavy (non-hydrogen) atoms. The molecule has 1 unspecified atom stereocenters. The van der Waals surface area contributed by atoms with E-state index in [0.717, 1.165) is 24.4 Å². The van der Waals surface area contributed by atoms with Crippen molar-refractivity contribution in [2.45, 2.75) is 13.5 Å². The summed E-state index contributed by atoms with van der Waals surface area (Å²) in [5.74, 6) is 1.61. The third kappa shape index (κ3) is 4.85. The first kappa shape index (κ1) is 14.0. The molecule has 1 aromatic rings. The lowest BCUT2D eigenvalue weighted by Crippen LogP contribution is -2.22. The molecular formula is C12H17BrFNS. The maximum atomic E-state index is 13.2. The summed E-state index contributed by atoms with van der Waals surface area (Å²) in [6.45, 7) is 3.91. The van der Waals surface area contributed by atoms with Gasteiger partial charge in [0.2, 0.25) is 0 Å². The molecule has 0 saturated carbocycles. The Labute approximate surface area is 109 Å². The smallest absolute Gasteiger partial charge is 0.137 e. The highest BCUT2D eigenvalue weighted by Crippen LogP contribution is 2.16. The van der Waals surface area contributed by atoms with Gasteiger partial charge in [0, 0.05) is 6.54 Å². The van der Waals surface area contributed by atoms with Crippen molar-refractivity contribution in [3.8, 4) is 0 Å². The van der Waals surface area contributed by atoms with Gasteiger partial charge in [-0.05, 0) is 58.1 Å². The minimum atomic E-state index is -0.198. The van der Waals surface area contributed by atoms with E-state index in [1.165, 1.54) is 0 Å². The van der Waals surface area contributed by atoms with Gasteiger partial charge in [0.1, 0.15) is 5.82 Å². The highest BCUT2D eigenvalue weighted by atomic mass is 79.9. The lowest BCUT2D eigenvalue weighted by atomic mass is 10.2. The van der Waals surface area contributed by atoms with Crippen molar-refractivity contribution < 1.29 is 4.39 Å². The van der Waals surface area contributed by atoms with Crippen molar-refractivity contribution in [3.05, 3.63) is 34.1 Å². The lowest BCUT2D eigenvalue weighted by molar-refractivity contribution is 0.556. The largest absolute Gasteiger partial charge is 0.312 e. The Hall–Kier alpha value is -0.0600. The molecule has 1 nitrogen and oxygen atoms in total. The Morgan fingerprint density at radius 3 is 2.88 bits per heavy atom. The van der Waals surface area contributed by atoms with Crippen LogP contribution >= 0.6 is 27.7 Å². The van der Waals surface area contributed by atoms with Crippen LogP contribution in [0.15, 0.2) is 22.7 Å². The second-order valence-electron chi connectivity index (χ2n) is 3.94. The molecule has 0 amide bonds. The number of benzene rings is 1. The fourth-order valence-electron chi connectivity index (χ4n) is 1.46. The predicted molar refractivity (Wildman–Crippen MR) is 73.4 cm³/mol. The van der Waals surface area contributed by atoms with E-state index in [0.29, 0.717) is 10.4 Å². The van der Waals surface area contributed by atoms with Crippen LogP contribution in [0.5, 0.6) is 0 Å². The maximum absolute atomic E-state index is 13.2. The molecule has 0 saturated heterocycles. The summed E-state index contributed by atoms with van der Waals surface area (Å²) < 4.78 is 13.7. The van der Waals surface area contributed by atoms with E-state index in [2.05, 4.69) is 34.4 Å². The van der Waals surface area contributed by atoms with Gasteiger partial charge < -0.3 is 5.32 Å². The highest BCUT2D eigenvalue weighted by molar-refractivity contribution is 9.10. The number of nitrogens with one attached hydrogen (secondary N) is 1. The predicted octanol–water partition coefficient (Wildman–Crippen LogP) is 3.68. The van der Waals surface area contributed by atoms with Crippen LogP contribution in [0.2, 0.25) is 0 Å². The number of hydrogen-bond acceptors (Lipinski definition) is 2. The van der Waals surface area contributed by atoms with E-state index in [1.807, 2.05) is 17.8 Å². The number of halogens is 2. The third-order valence-corrected chi connectivity index (χ3v) is 3.80. The van der Waals surface area contributed by atoms with E-state index in [9.17, 15) is 4.39 Å². The second-order valence-corrected chi connectivity index (χ2v) is 5.70. The molecule has 0 aliphatic rings. The molecule has 1 N–H and O–H groups in total. The van der Waals surface area contributed by atoms with Crippen molar-refractivity contribution in [3.63, 3.8) is 0 Å². The van der Waals surface area contributed by atoms with Gasteiger partial charge in [0.05, 0.1) is 4.47 Å². The van der Waals surface area contributed by atoms with Crippen LogP contribution in [0.3, 0.4) is 0 Å². The number of thioether (sulfide) groups is 1. The van der Waals surface area contributed by atoms with Crippen molar-refractivity contribution in [2.75, 3.05) is 18.6 Å². The summed E-state index contributed by atoms with van der Waals surface area (Å²) >= 11 is 5.00. The zero-order valence-corrected chi connectivity index (χ0v) is 12.0. The molecule has 4 heteroatoms. The molecule has 0 bridgehead atoms. The van der Waals surface area contributed by atoms with E-state index in [1.54, 1.807) is 12.1 Å². The Bertz CT molecular complexity index is 333. The summed E-state index contributed by atoms with van der Waals surface area (Å²) in [4.78, 5) is 0. The van der Waals surface area contributed by atoms with Crippen molar-refractivity contribution in [1.29, 1.82) is 0 Å². The first-order valence-electron chi connectivity index (χ1n) is 5.27. The van der Waals surface area contributed by atoms with Crippen LogP contribution in [0, 0.1) is 11.7 Å². The average Bonchev–Trinajstić information content (AvgIpc) is 2.24. The van der Waals surface area contributed by atoms with Gasteiger partial charge in [-0.15, -0.1) is 0 Å². The molecule has 0 fully saturated rings. The van der Waals surface area contributed by atoms with Crippen molar-refractivity contribution >= 4 is 27.7 Å². The molecular weight excluding hydrogens is 289 g/mol. The molecule has 0 spiro atoms. The van der Waals surface area contributed by atoms with Gasteiger partial charge in [0.25, 0.3) is 0 Å². The zero-order chi connectivity index (χ0) is 12.0. The van der Waals surface area contributed by atoms with E-state index in [4.69, 9.17) is 0 Å². The van der Waals surface area contributed by atoms with Gasteiger partial charge in [-0.25, -0.2) is 4.39 Å². The van der Waals surface area contributed by atoms with Crippen LogP contribution in [-0.2, 0) is 6.54 Å². The topological polar surface area (TPSA) is 12.0 Å². The molecule has 0 heterocycles. The molecule has 1 rings (SSSR count). The van der Waals surface area contributed by atoms with Crippen molar-refractivity contribution in [1.82, 2.24) is 5.32 Å². The van der Waals surface area contributed by atoms with Gasteiger partial charge in [-0.2, -0.15) is 11.8 Å². The molecule has 0 aliphatic carbocycles. The Balaban J connectivity index is 2.34. The van der Waals surface area contributed by atoms with Crippen LogP contribution in [-0.4, -0.2) is 18.6 Å². The second kappa shape index (κ2) is 7.30. The Morgan fingerprint density at radius 1 is 1.50 bits per heavy atom. The van der Waals surface area contributed by atoms with Gasteiger partial charge >= 0.3 is 0 Å². The molecule has 90 valence electrons. The van der Waals surface area contributed by atoms with Crippen molar-refractivity contribution in [2.24, 2.45) is 5.92 Å². The maximum Gasteiger partial charge on any atom is 0.137 e. The summed E-state index contributed by atoms with van der Waals surface area (Å²) in [6, 6.07) is 5.24. The van der Waals surface area contributed by atoms with Gasteiger partial charge in [-0.3, -0.25) is 0 Å². The summed E-state index contributed by atoms with van der Waals surface area (Å²) in [5.41, 5.74) is 0.983. The monoisotopic (exact) mass is 305 g/mol. The van der Waals surface area contributed by atoms with Crippen LogP contribution in [0.25, 0.3) is 0 Å². The van der Waals surface area contributed by atoms with E-state index < -0.39 is 0 Å². The Morgan fingerprint density at radius 2 is 2.25 bits per heavy atom. The molecule has 0 aromatic heterocycles. The van der Waals surface area contributed by atoms with Gasteiger partial charge in [-0.1, -0.05) is 13.0 Å². The molecule has 0 aliphatic heterocycles. The molecule has 0 radical (unpaired) electrons. The minimum Gasteiger partial charge on any atom is -0.312 e. The third-order valence-electron chi connectivity index (χ3n) is 2.26. The van der Waals surface area contributed by atoms with Crippen LogP contribution in [0.4, 0.5) is 4.39 Å². The lowest BCUT2D eigenvalue weighted by Gasteiger charge is -2.11. The minimum absolute atomic E-state index is 0.198. The van der Waals surface area contributed by atoms with Gasteiger partial charge in [0.15, 0.2) is 0 Å².